The van der Waals surface area contributed by atoms with Gasteiger partial charge >= 0.3 is 0 Å². The van der Waals surface area contributed by atoms with E-state index in [1.54, 1.807) is 11.8 Å². The molecule has 1 saturated carbocycles. The van der Waals surface area contributed by atoms with E-state index in [0.29, 0.717) is 18.2 Å². The normalized spacial score (nSPS) is 15.1. The van der Waals surface area contributed by atoms with E-state index in [2.05, 4.69) is 35.1 Å². The zero-order chi connectivity index (χ0) is 24.7. The average molecular weight is 530 g/mol. The van der Waals surface area contributed by atoms with Crippen molar-refractivity contribution in [3.63, 3.8) is 0 Å². The second-order valence-corrected chi connectivity index (χ2v) is 10.5. The van der Waals surface area contributed by atoms with Gasteiger partial charge in [0, 0.05) is 12.6 Å². The van der Waals surface area contributed by atoms with Crippen LogP contribution < -0.4 is 10.1 Å². The molecule has 2 aromatic rings. The minimum atomic E-state index is -0.592. The Kier molecular flexibility index (Phi) is 9.57. The zero-order valence-electron chi connectivity index (χ0n) is 20.8. The maximum absolute atomic E-state index is 13.3. The predicted molar refractivity (Wildman–Crippen MR) is 140 cm³/mol. The van der Waals surface area contributed by atoms with E-state index in [4.69, 9.17) is 4.74 Å². The third-order valence-electron chi connectivity index (χ3n) is 6.53. The second kappa shape index (κ2) is 12.4. The molecule has 5 nitrogen and oxygen atoms in total. The summed E-state index contributed by atoms with van der Waals surface area (Å²) in [5.74, 6) is 0.705. The number of carbonyl (C=O) groups is 2. The number of nitrogens with one attached hydrogen (secondary N) is 1. The van der Waals surface area contributed by atoms with Crippen molar-refractivity contribution in [2.75, 3.05) is 6.61 Å². The summed E-state index contributed by atoms with van der Waals surface area (Å²) in [4.78, 5) is 28.1. The van der Waals surface area contributed by atoms with Gasteiger partial charge in [0.1, 0.15) is 11.8 Å². The number of nitrogens with zero attached hydrogens (tertiary/aromatic N) is 1. The van der Waals surface area contributed by atoms with E-state index in [-0.39, 0.29) is 24.5 Å². The molecule has 1 aliphatic rings. The molecule has 2 aromatic carbocycles. The first kappa shape index (κ1) is 26.3. The van der Waals surface area contributed by atoms with Gasteiger partial charge in [0.25, 0.3) is 5.91 Å². The Bertz CT molecular complexity index is 985. The lowest BCUT2D eigenvalue weighted by atomic mass is 9.95. The first-order valence-corrected chi connectivity index (χ1v) is 13.1. The molecule has 0 heterocycles. The molecule has 184 valence electrons. The fraction of sp³-hybridized carbons (Fsp3) is 0.500. The van der Waals surface area contributed by atoms with Crippen LogP contribution in [0, 0.1) is 6.92 Å². The summed E-state index contributed by atoms with van der Waals surface area (Å²) < 4.78 is 6.71. The number of hydrogen-bond donors (Lipinski definition) is 1. The van der Waals surface area contributed by atoms with Gasteiger partial charge in [-0.3, -0.25) is 9.59 Å². The van der Waals surface area contributed by atoms with Crippen molar-refractivity contribution in [3.8, 4) is 5.75 Å². The average Bonchev–Trinajstić information content (AvgIpc) is 2.81. The van der Waals surface area contributed by atoms with Gasteiger partial charge in [0.2, 0.25) is 5.91 Å². The molecule has 0 unspecified atom stereocenters. The van der Waals surface area contributed by atoms with E-state index >= 15 is 0 Å². The van der Waals surface area contributed by atoms with Crippen molar-refractivity contribution < 1.29 is 14.3 Å². The van der Waals surface area contributed by atoms with Crippen molar-refractivity contribution in [1.29, 1.82) is 0 Å². The Morgan fingerprint density at radius 1 is 1.09 bits per heavy atom. The third-order valence-corrected chi connectivity index (χ3v) is 7.15. The number of carbonyl (C=O) groups excluding carboxylic acids is 2. The van der Waals surface area contributed by atoms with Gasteiger partial charge in [-0.15, -0.1) is 0 Å². The van der Waals surface area contributed by atoms with Crippen molar-refractivity contribution in [3.05, 3.63) is 63.6 Å². The molecular formula is C28H37BrN2O3. The van der Waals surface area contributed by atoms with Crippen LogP contribution in [-0.4, -0.2) is 35.4 Å². The molecule has 3 rings (SSSR count). The Labute approximate surface area is 212 Å². The summed E-state index contributed by atoms with van der Waals surface area (Å²) in [6, 6.07) is 13.6. The quantitative estimate of drug-likeness (QED) is 0.426. The number of rotatable bonds is 9. The Morgan fingerprint density at radius 3 is 2.47 bits per heavy atom. The lowest BCUT2D eigenvalue weighted by Gasteiger charge is -2.31. The number of benzene rings is 2. The molecule has 0 spiro atoms. The van der Waals surface area contributed by atoms with Crippen LogP contribution in [-0.2, 0) is 16.1 Å². The van der Waals surface area contributed by atoms with Crippen LogP contribution in [0.2, 0.25) is 0 Å². The van der Waals surface area contributed by atoms with Crippen LogP contribution in [0.1, 0.15) is 75.5 Å². The third kappa shape index (κ3) is 7.33. The summed E-state index contributed by atoms with van der Waals surface area (Å²) in [5, 5.41) is 3.17. The number of halogens is 1. The highest BCUT2D eigenvalue weighted by Crippen LogP contribution is 2.29. The van der Waals surface area contributed by atoms with E-state index in [1.165, 1.54) is 12.0 Å². The van der Waals surface area contributed by atoms with E-state index < -0.39 is 6.04 Å². The van der Waals surface area contributed by atoms with Gasteiger partial charge in [-0.05, 0) is 71.8 Å². The standard InChI is InChI=1S/C28H37BrN2O3/c1-19(2)23-13-14-26(25(29)16-23)34-18-27(32)31(17-22-10-8-9-20(3)15-22)21(4)28(33)30-24-11-6-5-7-12-24/h8-10,13-16,19,21,24H,5-7,11-12,17-18H2,1-4H3,(H,30,33)/t21-/m0/s1. The minimum Gasteiger partial charge on any atom is -0.483 e. The molecule has 0 aliphatic heterocycles. The summed E-state index contributed by atoms with van der Waals surface area (Å²) in [6.45, 7) is 8.32. The Hall–Kier alpha value is -2.34. The van der Waals surface area contributed by atoms with E-state index in [0.717, 1.165) is 41.3 Å². The zero-order valence-corrected chi connectivity index (χ0v) is 22.4. The van der Waals surface area contributed by atoms with E-state index in [1.807, 2.05) is 49.4 Å². The minimum absolute atomic E-state index is 0.102. The predicted octanol–water partition coefficient (Wildman–Crippen LogP) is 6.13. The lowest BCUT2D eigenvalue weighted by Crippen LogP contribution is -2.51. The molecule has 1 atom stereocenters. The summed E-state index contributed by atoms with van der Waals surface area (Å²) in [7, 11) is 0. The van der Waals surface area contributed by atoms with E-state index in [9.17, 15) is 9.59 Å². The van der Waals surface area contributed by atoms with Gasteiger partial charge < -0.3 is 15.0 Å². The largest absolute Gasteiger partial charge is 0.483 e. The number of hydrogen-bond acceptors (Lipinski definition) is 3. The van der Waals surface area contributed by atoms with Gasteiger partial charge in [0.15, 0.2) is 6.61 Å². The number of ether oxygens (including phenoxy) is 1. The van der Waals surface area contributed by atoms with Gasteiger partial charge in [-0.25, -0.2) is 0 Å². The monoisotopic (exact) mass is 528 g/mol. The van der Waals surface area contributed by atoms with Crippen molar-refractivity contribution in [2.24, 2.45) is 0 Å². The molecule has 6 heteroatoms. The molecule has 0 radical (unpaired) electrons. The maximum atomic E-state index is 13.3. The second-order valence-electron chi connectivity index (χ2n) is 9.66. The molecular weight excluding hydrogens is 492 g/mol. The lowest BCUT2D eigenvalue weighted by molar-refractivity contribution is -0.142. The highest BCUT2D eigenvalue weighted by atomic mass is 79.9. The Balaban J connectivity index is 1.72. The van der Waals surface area contributed by atoms with Gasteiger partial charge in [-0.1, -0.05) is 69.0 Å². The van der Waals surface area contributed by atoms with Crippen LogP contribution in [0.25, 0.3) is 0 Å². The summed E-state index contributed by atoms with van der Waals surface area (Å²) in [6.07, 6.45) is 5.53. The van der Waals surface area contributed by atoms with Crippen LogP contribution in [0.3, 0.4) is 0 Å². The molecule has 0 aromatic heterocycles. The smallest absolute Gasteiger partial charge is 0.261 e. The highest BCUT2D eigenvalue weighted by molar-refractivity contribution is 9.10. The SMILES string of the molecule is Cc1cccc(CN(C(=O)COc2ccc(C(C)C)cc2Br)[C@@H](C)C(=O)NC2CCCCC2)c1. The van der Waals surface area contributed by atoms with Gasteiger partial charge in [-0.2, -0.15) is 0 Å². The van der Waals surface area contributed by atoms with Crippen LogP contribution >= 0.6 is 15.9 Å². The van der Waals surface area contributed by atoms with Crippen LogP contribution in [0.4, 0.5) is 0 Å². The fourth-order valence-electron chi connectivity index (χ4n) is 4.37. The number of amides is 2. The number of aryl methyl sites for hydroxylation is 1. The van der Waals surface area contributed by atoms with Crippen LogP contribution in [0.5, 0.6) is 5.75 Å². The first-order valence-electron chi connectivity index (χ1n) is 12.3. The van der Waals surface area contributed by atoms with Crippen molar-refractivity contribution in [2.45, 2.75) is 84.3 Å². The van der Waals surface area contributed by atoms with Crippen molar-refractivity contribution >= 4 is 27.7 Å². The first-order chi connectivity index (χ1) is 16.2. The summed E-state index contributed by atoms with van der Waals surface area (Å²) >= 11 is 3.56. The molecule has 1 aliphatic carbocycles. The molecule has 1 N–H and O–H groups in total. The molecule has 2 amide bonds. The maximum Gasteiger partial charge on any atom is 0.261 e. The molecule has 34 heavy (non-hydrogen) atoms. The fourth-order valence-corrected chi connectivity index (χ4v) is 4.89. The molecule has 0 bridgehead atoms. The molecule has 0 saturated heterocycles. The Morgan fingerprint density at radius 2 is 1.82 bits per heavy atom. The molecule has 1 fully saturated rings. The summed E-state index contributed by atoms with van der Waals surface area (Å²) in [5.41, 5.74) is 3.31. The highest BCUT2D eigenvalue weighted by Gasteiger charge is 2.28. The van der Waals surface area contributed by atoms with Crippen LogP contribution in [0.15, 0.2) is 46.9 Å². The van der Waals surface area contributed by atoms with Gasteiger partial charge in [0.05, 0.1) is 4.47 Å². The van der Waals surface area contributed by atoms with Crippen molar-refractivity contribution in [1.82, 2.24) is 10.2 Å². The topological polar surface area (TPSA) is 58.6 Å².